The molecule has 1 saturated heterocycles. The molecule has 23 heavy (non-hydrogen) atoms. The number of carbonyl (C=O) groups is 1. The topological polar surface area (TPSA) is 23.6 Å². The van der Waals surface area contributed by atoms with Gasteiger partial charge in [0.05, 0.1) is 6.04 Å². The summed E-state index contributed by atoms with van der Waals surface area (Å²) in [4.78, 5) is 13.0. The number of rotatable bonds is 2. The molecule has 5 aliphatic carbocycles. The maximum atomic E-state index is 13.0. The summed E-state index contributed by atoms with van der Waals surface area (Å²) in [5, 5.41) is 4.87. The first-order valence-corrected chi connectivity index (χ1v) is 10.2. The molecule has 0 radical (unpaired) electrons. The number of hydrogen-bond acceptors (Lipinski definition) is 2. The van der Waals surface area contributed by atoms with Crippen molar-refractivity contribution in [2.45, 2.75) is 95.7 Å². The highest BCUT2D eigenvalue weighted by atomic mass is 16.2. The number of amides is 1. The van der Waals surface area contributed by atoms with Gasteiger partial charge in [0.15, 0.2) is 0 Å². The van der Waals surface area contributed by atoms with Crippen molar-refractivity contribution in [1.82, 2.24) is 10.0 Å². The van der Waals surface area contributed by atoms with Gasteiger partial charge in [-0.1, -0.05) is 19.3 Å². The lowest BCUT2D eigenvalue weighted by atomic mass is 9.53. The van der Waals surface area contributed by atoms with Gasteiger partial charge in [0, 0.05) is 6.04 Å². The third kappa shape index (κ3) is 2.01. The zero-order valence-corrected chi connectivity index (χ0v) is 14.8. The van der Waals surface area contributed by atoms with E-state index >= 15 is 0 Å². The molecule has 6 aliphatic rings. The van der Waals surface area contributed by atoms with Crippen LogP contribution in [0.2, 0.25) is 0 Å². The van der Waals surface area contributed by atoms with Gasteiger partial charge < -0.3 is 0 Å². The fraction of sp³-hybridized carbons (Fsp3) is 0.950. The van der Waals surface area contributed by atoms with E-state index in [0.717, 1.165) is 23.7 Å². The number of hydrogen-bond donors (Lipinski definition) is 0. The van der Waals surface area contributed by atoms with Crippen LogP contribution in [0, 0.1) is 23.7 Å². The summed E-state index contributed by atoms with van der Waals surface area (Å²) in [6.07, 6.45) is 13.8. The molecule has 1 aliphatic heterocycles. The first kappa shape index (κ1) is 14.7. The third-order valence-electron chi connectivity index (χ3n) is 7.92. The van der Waals surface area contributed by atoms with Gasteiger partial charge in [0.25, 0.3) is 5.91 Å². The minimum atomic E-state index is -0.253. The van der Waals surface area contributed by atoms with Crippen LogP contribution in [0.4, 0.5) is 0 Å². The summed E-state index contributed by atoms with van der Waals surface area (Å²) in [5.74, 6) is 4.00. The van der Waals surface area contributed by atoms with E-state index < -0.39 is 0 Å². The van der Waals surface area contributed by atoms with Crippen LogP contribution in [-0.2, 0) is 4.79 Å². The van der Waals surface area contributed by atoms with Crippen molar-refractivity contribution in [1.29, 1.82) is 0 Å². The Morgan fingerprint density at radius 3 is 2.00 bits per heavy atom. The number of hydrazine groups is 1. The van der Waals surface area contributed by atoms with Crippen LogP contribution < -0.4 is 0 Å². The van der Waals surface area contributed by atoms with Gasteiger partial charge in [0.1, 0.15) is 5.54 Å². The molecule has 0 atom stereocenters. The molecule has 3 nitrogen and oxygen atoms in total. The smallest absolute Gasteiger partial charge is 0.258 e. The summed E-state index contributed by atoms with van der Waals surface area (Å²) in [6.45, 7) is 4.33. The summed E-state index contributed by atoms with van der Waals surface area (Å²) in [6, 6.07) is 1.17. The van der Waals surface area contributed by atoms with Gasteiger partial charge in [-0.2, -0.15) is 0 Å². The van der Waals surface area contributed by atoms with Crippen molar-refractivity contribution in [3.8, 4) is 0 Å². The molecule has 0 aromatic rings. The Morgan fingerprint density at radius 2 is 1.43 bits per heavy atom. The van der Waals surface area contributed by atoms with E-state index in [0.29, 0.717) is 18.0 Å². The van der Waals surface area contributed by atoms with Crippen molar-refractivity contribution < 1.29 is 4.79 Å². The molecule has 5 saturated carbocycles. The zero-order chi connectivity index (χ0) is 15.8. The van der Waals surface area contributed by atoms with Crippen LogP contribution >= 0.6 is 0 Å². The van der Waals surface area contributed by atoms with Crippen LogP contribution in [0.25, 0.3) is 0 Å². The van der Waals surface area contributed by atoms with Gasteiger partial charge in [0.2, 0.25) is 0 Å². The molecule has 4 bridgehead atoms. The highest BCUT2D eigenvalue weighted by Gasteiger charge is 2.62. The van der Waals surface area contributed by atoms with Crippen molar-refractivity contribution in [2.24, 2.45) is 23.7 Å². The van der Waals surface area contributed by atoms with E-state index in [9.17, 15) is 4.79 Å². The van der Waals surface area contributed by atoms with Gasteiger partial charge in [-0.15, -0.1) is 0 Å². The van der Waals surface area contributed by atoms with E-state index in [2.05, 4.69) is 23.9 Å². The zero-order valence-electron chi connectivity index (χ0n) is 14.8. The Hall–Kier alpha value is -0.570. The lowest BCUT2D eigenvalue weighted by Gasteiger charge is -2.67. The van der Waals surface area contributed by atoms with E-state index in [-0.39, 0.29) is 5.54 Å². The fourth-order valence-electron chi connectivity index (χ4n) is 7.23. The average Bonchev–Trinajstić information content (AvgIpc) is 2.53. The van der Waals surface area contributed by atoms with Crippen molar-refractivity contribution in [2.75, 3.05) is 0 Å². The van der Waals surface area contributed by atoms with Gasteiger partial charge in [-0.05, 0) is 82.5 Å². The molecule has 1 amide bonds. The molecule has 6 rings (SSSR count). The third-order valence-corrected chi connectivity index (χ3v) is 7.92. The second-order valence-corrected chi connectivity index (χ2v) is 9.77. The maximum Gasteiger partial charge on any atom is 0.258 e. The standard InChI is InChI=1S/C20H32N2O/c1-20(2)19(23)21(22(20)17-6-4-3-5-7-17)18-15-9-13-8-14(11-15)12-16(18)10-13/h13-18H,3-12H2,1-2H3. The van der Waals surface area contributed by atoms with Crippen LogP contribution in [0.15, 0.2) is 0 Å². The SMILES string of the molecule is CC1(C)C(=O)N(C2C3CC4CC(C3)CC2C4)N1C1CCCCC1. The average molecular weight is 316 g/mol. The molecule has 0 aromatic carbocycles. The molecule has 3 heteroatoms. The van der Waals surface area contributed by atoms with E-state index in [1.165, 1.54) is 64.2 Å². The molecular weight excluding hydrogens is 284 g/mol. The second-order valence-electron chi connectivity index (χ2n) is 9.77. The quantitative estimate of drug-likeness (QED) is 0.769. The largest absolute Gasteiger partial charge is 0.271 e. The Kier molecular flexibility index (Phi) is 3.19. The lowest BCUT2D eigenvalue weighted by Crippen LogP contribution is -2.81. The molecule has 6 fully saturated rings. The van der Waals surface area contributed by atoms with Gasteiger partial charge in [-0.25, -0.2) is 5.01 Å². The molecule has 0 aromatic heterocycles. The normalized spacial score (nSPS) is 46.3. The van der Waals surface area contributed by atoms with Gasteiger partial charge >= 0.3 is 0 Å². The van der Waals surface area contributed by atoms with Crippen LogP contribution in [0.5, 0.6) is 0 Å². The maximum absolute atomic E-state index is 13.0. The summed E-state index contributed by atoms with van der Waals surface area (Å²) < 4.78 is 0. The first-order valence-electron chi connectivity index (χ1n) is 10.2. The van der Waals surface area contributed by atoms with Crippen molar-refractivity contribution in [3.05, 3.63) is 0 Å². The second kappa shape index (κ2) is 4.97. The Balaban J connectivity index is 1.43. The Bertz CT molecular complexity index is 475. The molecule has 0 spiro atoms. The predicted octanol–water partition coefficient (Wildman–Crippen LogP) is 3.98. The van der Waals surface area contributed by atoms with Crippen LogP contribution in [0.1, 0.15) is 78.1 Å². The highest BCUT2D eigenvalue weighted by molar-refractivity contribution is 5.90. The summed E-state index contributed by atoms with van der Waals surface area (Å²) in [7, 11) is 0. The lowest BCUT2D eigenvalue weighted by molar-refractivity contribution is -0.263. The molecule has 128 valence electrons. The number of nitrogens with zero attached hydrogens (tertiary/aromatic N) is 2. The minimum absolute atomic E-state index is 0.253. The van der Waals surface area contributed by atoms with Crippen molar-refractivity contribution >= 4 is 5.91 Å². The highest BCUT2D eigenvalue weighted by Crippen LogP contribution is 2.57. The van der Waals surface area contributed by atoms with E-state index in [1.54, 1.807) is 0 Å². The summed E-state index contributed by atoms with van der Waals surface area (Å²) in [5.41, 5.74) is -0.253. The number of carbonyl (C=O) groups excluding carboxylic acids is 1. The van der Waals surface area contributed by atoms with Crippen LogP contribution in [-0.4, -0.2) is 33.5 Å². The van der Waals surface area contributed by atoms with E-state index in [1.807, 2.05) is 0 Å². The molecule has 0 unspecified atom stereocenters. The van der Waals surface area contributed by atoms with E-state index in [4.69, 9.17) is 0 Å². The van der Waals surface area contributed by atoms with Gasteiger partial charge in [-0.3, -0.25) is 9.80 Å². The minimum Gasteiger partial charge on any atom is -0.271 e. The molecular formula is C20H32N2O. The van der Waals surface area contributed by atoms with Crippen LogP contribution in [0.3, 0.4) is 0 Å². The summed E-state index contributed by atoms with van der Waals surface area (Å²) >= 11 is 0. The predicted molar refractivity (Wildman–Crippen MR) is 90.5 cm³/mol. The first-order chi connectivity index (χ1) is 11.1. The molecule has 1 heterocycles. The Labute approximate surface area is 140 Å². The Morgan fingerprint density at radius 1 is 0.870 bits per heavy atom. The monoisotopic (exact) mass is 316 g/mol. The van der Waals surface area contributed by atoms with Crippen molar-refractivity contribution in [3.63, 3.8) is 0 Å². The fourth-order valence-corrected chi connectivity index (χ4v) is 7.23. The molecule has 0 N–H and O–H groups in total.